The van der Waals surface area contributed by atoms with Crippen LogP contribution in [0.1, 0.15) is 33.3 Å². The number of hydrogen-bond acceptors (Lipinski definition) is 2. The fourth-order valence-corrected chi connectivity index (χ4v) is 3.47. The highest BCUT2D eigenvalue weighted by Gasteiger charge is 2.16. The van der Waals surface area contributed by atoms with Gasteiger partial charge in [0.1, 0.15) is 0 Å². The Hall–Kier alpha value is 0.300. The zero-order valence-corrected chi connectivity index (χ0v) is 15.3. The highest BCUT2D eigenvalue weighted by atomic mass is 79.9. The average Bonchev–Trinajstić information content (AvgIpc) is 2.28. The van der Waals surface area contributed by atoms with Gasteiger partial charge in [0.15, 0.2) is 0 Å². The van der Waals surface area contributed by atoms with Crippen molar-refractivity contribution in [2.24, 2.45) is 0 Å². The third-order valence-electron chi connectivity index (χ3n) is 2.69. The van der Waals surface area contributed by atoms with Crippen molar-refractivity contribution in [1.82, 2.24) is 5.32 Å². The summed E-state index contributed by atoms with van der Waals surface area (Å²) in [6.07, 6.45) is 0.975. The minimum atomic E-state index is 0.303. The summed E-state index contributed by atoms with van der Waals surface area (Å²) in [5.41, 5.74) is 1.21. The zero-order valence-electron chi connectivity index (χ0n) is 12.1. The van der Waals surface area contributed by atoms with Crippen molar-refractivity contribution < 1.29 is 0 Å². The molecule has 1 atom stereocenters. The second-order valence-corrected chi connectivity index (χ2v) is 8.79. The first kappa shape index (κ1) is 17.4. The first-order valence-electron chi connectivity index (χ1n) is 6.63. The Kier molecular flexibility index (Phi) is 7.23. The average molecular weight is 365 g/mol. The molecule has 0 radical (unpaired) electrons. The van der Waals surface area contributed by atoms with Crippen molar-refractivity contribution in [2.75, 3.05) is 12.3 Å². The van der Waals surface area contributed by atoms with Gasteiger partial charge in [-0.1, -0.05) is 61.3 Å². The van der Waals surface area contributed by atoms with E-state index in [1.54, 1.807) is 0 Å². The fourth-order valence-electron chi connectivity index (χ4n) is 1.78. The van der Waals surface area contributed by atoms with Crippen molar-refractivity contribution in [1.29, 1.82) is 0 Å². The monoisotopic (exact) mass is 363 g/mol. The molecule has 1 aromatic rings. The SMILES string of the molecule is CCNC(CSC(C)(C)C)Cc1ccc(Br)cc1Cl. The summed E-state index contributed by atoms with van der Waals surface area (Å²) in [4.78, 5) is 0. The Morgan fingerprint density at radius 1 is 1.37 bits per heavy atom. The van der Waals surface area contributed by atoms with Gasteiger partial charge in [0.05, 0.1) is 0 Å². The highest BCUT2D eigenvalue weighted by molar-refractivity contribution is 9.10. The molecular weight excluding hydrogens is 342 g/mol. The molecule has 0 saturated carbocycles. The minimum absolute atomic E-state index is 0.303. The molecule has 108 valence electrons. The molecule has 0 saturated heterocycles. The molecule has 0 bridgehead atoms. The topological polar surface area (TPSA) is 12.0 Å². The van der Waals surface area contributed by atoms with Crippen LogP contribution in [0, 0.1) is 0 Å². The molecule has 4 heteroatoms. The van der Waals surface area contributed by atoms with E-state index in [1.807, 2.05) is 17.8 Å². The molecule has 0 aliphatic heterocycles. The Morgan fingerprint density at radius 2 is 2.05 bits per heavy atom. The largest absolute Gasteiger partial charge is 0.313 e. The maximum atomic E-state index is 6.30. The van der Waals surface area contributed by atoms with Crippen molar-refractivity contribution in [3.63, 3.8) is 0 Å². The van der Waals surface area contributed by atoms with E-state index in [0.29, 0.717) is 10.8 Å². The molecule has 1 aromatic carbocycles. The summed E-state index contributed by atoms with van der Waals surface area (Å²) >= 11 is 11.7. The van der Waals surface area contributed by atoms with E-state index in [9.17, 15) is 0 Å². The Balaban J connectivity index is 2.67. The van der Waals surface area contributed by atoms with Crippen LogP contribution in [-0.4, -0.2) is 23.1 Å². The normalized spacial score (nSPS) is 13.6. The van der Waals surface area contributed by atoms with Gasteiger partial charge in [0, 0.05) is 26.0 Å². The molecule has 0 aromatic heterocycles. The lowest BCUT2D eigenvalue weighted by atomic mass is 10.1. The van der Waals surface area contributed by atoms with Crippen LogP contribution in [0.25, 0.3) is 0 Å². The van der Waals surface area contributed by atoms with E-state index in [1.165, 1.54) is 5.56 Å². The first-order chi connectivity index (χ1) is 8.81. The Bertz CT molecular complexity index is 404. The molecule has 1 unspecified atom stereocenters. The van der Waals surface area contributed by atoms with Crippen LogP contribution in [0.3, 0.4) is 0 Å². The van der Waals surface area contributed by atoms with Gasteiger partial charge in [-0.25, -0.2) is 0 Å². The maximum absolute atomic E-state index is 6.30. The summed E-state index contributed by atoms with van der Waals surface area (Å²) in [5.74, 6) is 1.10. The quantitative estimate of drug-likeness (QED) is 0.748. The van der Waals surface area contributed by atoms with Crippen LogP contribution < -0.4 is 5.32 Å². The molecular formula is C15H23BrClNS. The highest BCUT2D eigenvalue weighted by Crippen LogP contribution is 2.26. The standard InChI is InChI=1S/C15H23BrClNS/c1-5-18-13(10-19-15(2,3)4)8-11-6-7-12(16)9-14(11)17/h6-7,9,13,18H,5,8,10H2,1-4H3. The van der Waals surface area contributed by atoms with E-state index < -0.39 is 0 Å². The molecule has 0 aliphatic carbocycles. The smallest absolute Gasteiger partial charge is 0.0449 e. The van der Waals surface area contributed by atoms with Crippen molar-refractivity contribution in [2.45, 2.75) is 44.9 Å². The Labute approximate surface area is 135 Å². The maximum Gasteiger partial charge on any atom is 0.0449 e. The number of rotatable bonds is 6. The predicted molar refractivity (Wildman–Crippen MR) is 92.5 cm³/mol. The fraction of sp³-hybridized carbons (Fsp3) is 0.600. The third kappa shape index (κ3) is 7.03. The van der Waals surface area contributed by atoms with Gasteiger partial charge >= 0.3 is 0 Å². The van der Waals surface area contributed by atoms with E-state index in [4.69, 9.17) is 11.6 Å². The molecule has 0 fully saturated rings. The number of likely N-dealkylation sites (N-methyl/N-ethyl adjacent to an activating group) is 1. The van der Waals surface area contributed by atoms with Gasteiger partial charge in [-0.3, -0.25) is 0 Å². The van der Waals surface area contributed by atoms with Gasteiger partial charge in [0.25, 0.3) is 0 Å². The first-order valence-corrected chi connectivity index (χ1v) is 8.78. The van der Waals surface area contributed by atoms with Crippen molar-refractivity contribution >= 4 is 39.3 Å². The molecule has 1 nitrogen and oxygen atoms in total. The summed E-state index contributed by atoms with van der Waals surface area (Å²) < 4.78 is 1.34. The lowest BCUT2D eigenvalue weighted by Gasteiger charge is -2.24. The number of nitrogens with one attached hydrogen (secondary N) is 1. The number of benzene rings is 1. The molecule has 1 rings (SSSR count). The number of hydrogen-bond donors (Lipinski definition) is 1. The van der Waals surface area contributed by atoms with Crippen LogP contribution in [-0.2, 0) is 6.42 Å². The van der Waals surface area contributed by atoms with E-state index in [2.05, 4.69) is 61.1 Å². The van der Waals surface area contributed by atoms with Crippen LogP contribution in [0.5, 0.6) is 0 Å². The molecule has 1 N–H and O–H groups in total. The third-order valence-corrected chi connectivity index (χ3v) is 4.97. The lowest BCUT2D eigenvalue weighted by molar-refractivity contribution is 0.570. The van der Waals surface area contributed by atoms with Gasteiger partial charge in [0.2, 0.25) is 0 Å². The van der Waals surface area contributed by atoms with Crippen LogP contribution >= 0.6 is 39.3 Å². The van der Waals surface area contributed by atoms with Crippen LogP contribution in [0.4, 0.5) is 0 Å². The van der Waals surface area contributed by atoms with Crippen LogP contribution in [0.15, 0.2) is 22.7 Å². The second-order valence-electron chi connectivity index (χ2n) is 5.62. The van der Waals surface area contributed by atoms with E-state index in [-0.39, 0.29) is 0 Å². The summed E-state index contributed by atoms with van der Waals surface area (Å²) in [6.45, 7) is 9.91. The van der Waals surface area contributed by atoms with E-state index in [0.717, 1.165) is 28.2 Å². The minimum Gasteiger partial charge on any atom is -0.313 e. The molecule has 0 spiro atoms. The molecule has 19 heavy (non-hydrogen) atoms. The van der Waals surface area contributed by atoms with Crippen molar-refractivity contribution in [3.05, 3.63) is 33.3 Å². The van der Waals surface area contributed by atoms with Crippen molar-refractivity contribution in [3.8, 4) is 0 Å². The molecule has 0 heterocycles. The lowest BCUT2D eigenvalue weighted by Crippen LogP contribution is -2.34. The Morgan fingerprint density at radius 3 is 2.58 bits per heavy atom. The second kappa shape index (κ2) is 7.92. The molecule has 0 aliphatic rings. The van der Waals surface area contributed by atoms with Gasteiger partial charge < -0.3 is 5.32 Å². The summed E-state index contributed by atoms with van der Waals surface area (Å²) in [7, 11) is 0. The predicted octanol–water partition coefficient (Wildman–Crippen LogP) is 5.15. The van der Waals surface area contributed by atoms with Gasteiger partial charge in [-0.15, -0.1) is 0 Å². The summed E-state index contributed by atoms with van der Waals surface area (Å²) in [5, 5.41) is 4.40. The van der Waals surface area contributed by atoms with E-state index >= 15 is 0 Å². The number of thioether (sulfide) groups is 1. The van der Waals surface area contributed by atoms with Gasteiger partial charge in [-0.05, 0) is 30.7 Å². The summed E-state index contributed by atoms with van der Waals surface area (Å²) in [6, 6.07) is 6.60. The number of halogens is 2. The van der Waals surface area contributed by atoms with Gasteiger partial charge in [-0.2, -0.15) is 11.8 Å². The molecule has 0 amide bonds. The van der Waals surface area contributed by atoms with Crippen LogP contribution in [0.2, 0.25) is 5.02 Å². The zero-order chi connectivity index (χ0) is 14.5.